The van der Waals surface area contributed by atoms with Crippen LogP contribution in [-0.4, -0.2) is 12.5 Å². The molecule has 0 N–H and O–H groups in total. The lowest BCUT2D eigenvalue weighted by Crippen LogP contribution is -2.60. The van der Waals surface area contributed by atoms with Crippen LogP contribution in [0.4, 0.5) is 8.78 Å². The molecule has 2 rings (SSSR count). The second-order valence-corrected chi connectivity index (χ2v) is 4.21. The molecule has 0 amide bonds. The summed E-state index contributed by atoms with van der Waals surface area (Å²) in [5.74, 6) is -3.12. The van der Waals surface area contributed by atoms with Crippen molar-refractivity contribution in [1.82, 2.24) is 0 Å². The number of nitrogens with zero attached hydrogens (tertiary/aromatic N) is 1. The molecule has 1 aliphatic heterocycles. The Morgan fingerprint density at radius 1 is 1.47 bits per heavy atom. The molecule has 1 saturated heterocycles. The van der Waals surface area contributed by atoms with Crippen LogP contribution in [0.2, 0.25) is 0 Å². The fraction of sp³-hybridized carbons (Fsp3) is 0.300. The van der Waals surface area contributed by atoms with Gasteiger partial charge in [-0.15, -0.1) is 0 Å². The monoisotopic (exact) mass is 273 g/mol. The minimum Gasteiger partial charge on any atom is -0.344 e. The van der Waals surface area contributed by atoms with Gasteiger partial charge in [-0.2, -0.15) is 14.0 Å². The smallest absolute Gasteiger partial charge is 0.316 e. The van der Waals surface area contributed by atoms with E-state index >= 15 is 0 Å². The van der Waals surface area contributed by atoms with Gasteiger partial charge in [-0.25, -0.2) is 0 Å². The first kappa shape index (κ1) is 10.5. The zero-order valence-corrected chi connectivity index (χ0v) is 9.09. The van der Waals surface area contributed by atoms with Crippen LogP contribution in [0.1, 0.15) is 5.56 Å². The third-order valence-corrected chi connectivity index (χ3v) is 2.87. The maximum atomic E-state index is 13.3. The number of ether oxygens (including phenoxy) is 1. The summed E-state index contributed by atoms with van der Waals surface area (Å²) in [7, 11) is 0. The number of halogens is 3. The van der Waals surface area contributed by atoms with Crippen molar-refractivity contribution >= 4 is 15.9 Å². The first-order chi connectivity index (χ1) is 7.02. The molecule has 0 radical (unpaired) electrons. The summed E-state index contributed by atoms with van der Waals surface area (Å²) in [5, 5.41) is 8.85. The molecule has 15 heavy (non-hydrogen) atoms. The van der Waals surface area contributed by atoms with Crippen molar-refractivity contribution in [1.29, 1.82) is 5.26 Å². The Balaban J connectivity index is 2.50. The van der Waals surface area contributed by atoms with Crippen LogP contribution in [0.5, 0.6) is 0 Å². The average Bonchev–Trinajstić information content (AvgIpc) is 2.18. The molecule has 0 saturated carbocycles. The van der Waals surface area contributed by atoms with Crippen LogP contribution in [-0.2, 0) is 10.3 Å². The molecule has 0 spiro atoms. The summed E-state index contributed by atoms with van der Waals surface area (Å²) >= 11 is 3.16. The van der Waals surface area contributed by atoms with Crippen LogP contribution in [0, 0.1) is 11.3 Å². The lowest BCUT2D eigenvalue weighted by atomic mass is 9.84. The maximum absolute atomic E-state index is 13.3. The van der Waals surface area contributed by atoms with Gasteiger partial charge in [0.25, 0.3) is 0 Å². The summed E-state index contributed by atoms with van der Waals surface area (Å²) in [6.45, 7) is -0.701. The normalized spacial score (nSPS) is 27.9. The molecule has 1 aromatic rings. The van der Waals surface area contributed by atoms with Crippen molar-refractivity contribution in [2.24, 2.45) is 0 Å². The standard InChI is InChI=1S/C10H6BrF2NO/c11-8-3-1-2-7(4-8)9(5-14)10(12,13)6-15-9/h1-4H,6H2. The van der Waals surface area contributed by atoms with Gasteiger partial charge < -0.3 is 4.74 Å². The molecule has 1 aromatic carbocycles. The molecular weight excluding hydrogens is 268 g/mol. The van der Waals surface area contributed by atoms with Crippen molar-refractivity contribution in [2.45, 2.75) is 11.5 Å². The van der Waals surface area contributed by atoms with E-state index in [-0.39, 0.29) is 5.56 Å². The third-order valence-electron chi connectivity index (χ3n) is 2.37. The van der Waals surface area contributed by atoms with Gasteiger partial charge in [-0.3, -0.25) is 0 Å². The van der Waals surface area contributed by atoms with Gasteiger partial charge in [0.2, 0.25) is 5.60 Å². The highest BCUT2D eigenvalue weighted by Gasteiger charge is 2.66. The Kier molecular flexibility index (Phi) is 2.28. The molecule has 1 unspecified atom stereocenters. The van der Waals surface area contributed by atoms with Crippen LogP contribution in [0.3, 0.4) is 0 Å². The van der Waals surface area contributed by atoms with Gasteiger partial charge in [-0.05, 0) is 12.1 Å². The van der Waals surface area contributed by atoms with E-state index in [4.69, 9.17) is 10.00 Å². The summed E-state index contributed by atoms with van der Waals surface area (Å²) in [4.78, 5) is 0. The number of hydrogen-bond acceptors (Lipinski definition) is 2. The fourth-order valence-electron chi connectivity index (χ4n) is 1.51. The summed E-state index contributed by atoms with van der Waals surface area (Å²) in [5.41, 5.74) is -1.94. The van der Waals surface area contributed by atoms with E-state index in [1.807, 2.05) is 0 Å². The molecule has 1 atom stereocenters. The summed E-state index contributed by atoms with van der Waals surface area (Å²) in [6, 6.07) is 7.78. The molecule has 5 heteroatoms. The van der Waals surface area contributed by atoms with Crippen molar-refractivity contribution in [3.63, 3.8) is 0 Å². The molecule has 1 aliphatic rings. The highest BCUT2D eigenvalue weighted by Crippen LogP contribution is 2.49. The Morgan fingerprint density at radius 3 is 2.60 bits per heavy atom. The zero-order chi connectivity index (χ0) is 11.1. The summed E-state index contributed by atoms with van der Waals surface area (Å²) in [6.07, 6.45) is 0. The van der Waals surface area contributed by atoms with Crippen LogP contribution in [0.25, 0.3) is 0 Å². The second kappa shape index (κ2) is 3.26. The quantitative estimate of drug-likeness (QED) is 0.788. The molecular formula is C10H6BrF2NO. The number of nitriles is 1. The predicted octanol–water partition coefficient (Wildman–Crippen LogP) is 2.83. The van der Waals surface area contributed by atoms with E-state index in [1.165, 1.54) is 12.1 Å². The molecule has 78 valence electrons. The molecule has 0 aromatic heterocycles. The van der Waals surface area contributed by atoms with Gasteiger partial charge in [0.05, 0.1) is 0 Å². The topological polar surface area (TPSA) is 33.0 Å². The Bertz CT molecular complexity index is 443. The van der Waals surface area contributed by atoms with E-state index in [0.29, 0.717) is 4.47 Å². The first-order valence-electron chi connectivity index (χ1n) is 4.21. The van der Waals surface area contributed by atoms with Crippen molar-refractivity contribution in [3.05, 3.63) is 34.3 Å². The number of benzene rings is 1. The molecule has 0 aliphatic carbocycles. The maximum Gasteiger partial charge on any atom is 0.316 e. The third kappa shape index (κ3) is 1.36. The minimum atomic E-state index is -3.12. The predicted molar refractivity (Wildman–Crippen MR) is 52.3 cm³/mol. The van der Waals surface area contributed by atoms with Crippen LogP contribution >= 0.6 is 15.9 Å². The molecule has 1 fully saturated rings. The number of rotatable bonds is 1. The van der Waals surface area contributed by atoms with E-state index < -0.39 is 18.1 Å². The second-order valence-electron chi connectivity index (χ2n) is 3.30. The van der Waals surface area contributed by atoms with Crippen LogP contribution in [0.15, 0.2) is 28.7 Å². The van der Waals surface area contributed by atoms with Gasteiger partial charge in [0.15, 0.2) is 0 Å². The van der Waals surface area contributed by atoms with E-state index in [2.05, 4.69) is 15.9 Å². The first-order valence-corrected chi connectivity index (χ1v) is 5.00. The van der Waals surface area contributed by atoms with Gasteiger partial charge in [0, 0.05) is 10.0 Å². The average molecular weight is 274 g/mol. The fourth-order valence-corrected chi connectivity index (χ4v) is 1.91. The highest BCUT2D eigenvalue weighted by atomic mass is 79.9. The van der Waals surface area contributed by atoms with Gasteiger partial charge >= 0.3 is 5.92 Å². The lowest BCUT2D eigenvalue weighted by Gasteiger charge is -2.43. The number of hydrogen-bond donors (Lipinski definition) is 0. The van der Waals surface area contributed by atoms with Crippen LogP contribution < -0.4 is 0 Å². The SMILES string of the molecule is N#CC1(c2cccc(Br)c2)OCC1(F)F. The summed E-state index contributed by atoms with van der Waals surface area (Å²) < 4.78 is 32.1. The number of alkyl halides is 2. The van der Waals surface area contributed by atoms with Crippen molar-refractivity contribution in [3.8, 4) is 6.07 Å². The Hall–Kier alpha value is -0.990. The van der Waals surface area contributed by atoms with Crippen molar-refractivity contribution in [2.75, 3.05) is 6.61 Å². The van der Waals surface area contributed by atoms with E-state index in [9.17, 15) is 8.78 Å². The minimum absolute atomic E-state index is 0.177. The highest BCUT2D eigenvalue weighted by molar-refractivity contribution is 9.10. The lowest BCUT2D eigenvalue weighted by molar-refractivity contribution is -0.309. The largest absolute Gasteiger partial charge is 0.344 e. The van der Waals surface area contributed by atoms with Gasteiger partial charge in [-0.1, -0.05) is 28.1 Å². The van der Waals surface area contributed by atoms with Gasteiger partial charge in [0.1, 0.15) is 12.7 Å². The molecule has 0 bridgehead atoms. The van der Waals surface area contributed by atoms with E-state index in [1.54, 1.807) is 18.2 Å². The molecule has 1 heterocycles. The Labute approximate surface area is 93.6 Å². The van der Waals surface area contributed by atoms with E-state index in [0.717, 1.165) is 0 Å². The zero-order valence-electron chi connectivity index (χ0n) is 7.51. The van der Waals surface area contributed by atoms with Crippen molar-refractivity contribution < 1.29 is 13.5 Å². The molecule has 2 nitrogen and oxygen atoms in total. The Morgan fingerprint density at radius 2 is 2.20 bits per heavy atom.